The summed E-state index contributed by atoms with van der Waals surface area (Å²) in [6.45, 7) is 0. The van der Waals surface area contributed by atoms with E-state index in [1.807, 2.05) is 0 Å². The fourth-order valence-electron chi connectivity index (χ4n) is 4.00. The maximum Gasteiger partial charge on any atom is 0.337 e. The van der Waals surface area contributed by atoms with Gasteiger partial charge >= 0.3 is 5.97 Å². The van der Waals surface area contributed by atoms with Crippen LogP contribution in [0.4, 0.5) is 10.1 Å². The molecule has 0 fully saturated rings. The molecular formula is C25H16FN3O4. The molecule has 7 nitrogen and oxygen atoms in total. The molecule has 0 aliphatic heterocycles. The minimum atomic E-state index is -0.446. The van der Waals surface area contributed by atoms with Crippen LogP contribution >= 0.6 is 0 Å². The number of esters is 1. The van der Waals surface area contributed by atoms with E-state index in [1.54, 1.807) is 48.7 Å². The van der Waals surface area contributed by atoms with Crippen LogP contribution in [0, 0.1) is 15.9 Å². The van der Waals surface area contributed by atoms with Gasteiger partial charge in [-0.3, -0.25) is 10.1 Å². The first-order valence-corrected chi connectivity index (χ1v) is 10.00. The number of non-ortho nitro benzene ring substituents is 1. The zero-order valence-corrected chi connectivity index (χ0v) is 17.3. The lowest BCUT2D eigenvalue weighted by Crippen LogP contribution is -2.00. The van der Waals surface area contributed by atoms with Crippen LogP contribution in [0.5, 0.6) is 0 Å². The average Bonchev–Trinajstić information content (AvgIpc) is 3.21. The van der Waals surface area contributed by atoms with Gasteiger partial charge in [0.05, 0.1) is 17.6 Å². The number of nitro groups is 1. The fraction of sp³-hybridized carbons (Fsp3) is 0.0400. The number of halogens is 1. The van der Waals surface area contributed by atoms with Crippen LogP contribution in [-0.4, -0.2) is 28.0 Å². The third-order valence-electron chi connectivity index (χ3n) is 5.57. The Hall–Kier alpha value is -4.59. The molecule has 0 radical (unpaired) electrons. The predicted octanol–water partition coefficient (Wildman–Crippen LogP) is 5.88. The van der Waals surface area contributed by atoms with E-state index in [2.05, 4.69) is 9.97 Å². The van der Waals surface area contributed by atoms with Crippen molar-refractivity contribution in [3.8, 4) is 22.3 Å². The molecule has 0 unspecified atom stereocenters. The molecule has 8 heteroatoms. The van der Waals surface area contributed by atoms with Gasteiger partial charge in [-0.25, -0.2) is 14.2 Å². The van der Waals surface area contributed by atoms with Crippen molar-refractivity contribution in [3.05, 3.63) is 94.4 Å². The van der Waals surface area contributed by atoms with E-state index in [-0.39, 0.29) is 11.5 Å². The van der Waals surface area contributed by atoms with E-state index in [1.165, 1.54) is 31.4 Å². The quantitative estimate of drug-likeness (QED) is 0.213. The molecule has 162 valence electrons. The molecule has 5 rings (SSSR count). The summed E-state index contributed by atoms with van der Waals surface area (Å²) >= 11 is 0. The molecule has 0 spiro atoms. The lowest BCUT2D eigenvalue weighted by molar-refractivity contribution is -0.384. The zero-order valence-electron chi connectivity index (χ0n) is 17.3. The van der Waals surface area contributed by atoms with E-state index in [4.69, 9.17) is 4.74 Å². The van der Waals surface area contributed by atoms with Gasteiger partial charge in [0, 0.05) is 45.7 Å². The van der Waals surface area contributed by atoms with Crippen molar-refractivity contribution in [3.63, 3.8) is 0 Å². The lowest BCUT2D eigenvalue weighted by Gasteiger charge is -2.12. The maximum atomic E-state index is 13.7. The summed E-state index contributed by atoms with van der Waals surface area (Å²) in [4.78, 5) is 30.5. The number of hydrogen-bond acceptors (Lipinski definition) is 5. The number of methoxy groups -OCH3 is 1. The van der Waals surface area contributed by atoms with Gasteiger partial charge in [-0.1, -0.05) is 24.3 Å². The third-order valence-corrected chi connectivity index (χ3v) is 5.57. The number of aromatic nitrogens is 2. The first-order chi connectivity index (χ1) is 16.0. The topological polar surface area (TPSA) is 98.1 Å². The van der Waals surface area contributed by atoms with Gasteiger partial charge < -0.3 is 9.72 Å². The van der Waals surface area contributed by atoms with Crippen LogP contribution in [0.2, 0.25) is 0 Å². The predicted molar refractivity (Wildman–Crippen MR) is 122 cm³/mol. The van der Waals surface area contributed by atoms with Gasteiger partial charge in [-0.15, -0.1) is 0 Å². The van der Waals surface area contributed by atoms with Gasteiger partial charge in [-0.2, -0.15) is 0 Å². The first kappa shape index (κ1) is 20.3. The zero-order chi connectivity index (χ0) is 23.1. The summed E-state index contributed by atoms with van der Waals surface area (Å²) in [6.07, 6.45) is 1.69. The number of carbonyl (C=O) groups is 1. The van der Waals surface area contributed by atoms with Crippen molar-refractivity contribution in [2.75, 3.05) is 7.11 Å². The molecule has 1 N–H and O–H groups in total. The minimum Gasteiger partial charge on any atom is -0.465 e. The second-order valence-corrected chi connectivity index (χ2v) is 7.46. The summed E-state index contributed by atoms with van der Waals surface area (Å²) < 4.78 is 18.5. The third kappa shape index (κ3) is 3.47. The van der Waals surface area contributed by atoms with Crippen LogP contribution in [0.3, 0.4) is 0 Å². The van der Waals surface area contributed by atoms with Crippen molar-refractivity contribution in [2.45, 2.75) is 0 Å². The molecule has 0 bridgehead atoms. The molecule has 0 saturated carbocycles. The van der Waals surface area contributed by atoms with E-state index >= 15 is 0 Å². The Labute approximate surface area is 186 Å². The minimum absolute atomic E-state index is 0.0405. The van der Waals surface area contributed by atoms with Gasteiger partial charge in [-0.05, 0) is 41.5 Å². The number of ether oxygens (including phenoxy) is 1. The second-order valence-electron chi connectivity index (χ2n) is 7.46. The Bertz CT molecular complexity index is 1540. The van der Waals surface area contributed by atoms with Gasteiger partial charge in [0.15, 0.2) is 0 Å². The Balaban J connectivity index is 1.83. The van der Waals surface area contributed by atoms with Crippen LogP contribution in [0.25, 0.3) is 44.2 Å². The summed E-state index contributed by atoms with van der Waals surface area (Å²) in [7, 11) is 1.32. The number of aromatic amines is 1. The molecule has 0 atom stereocenters. The molecule has 3 aromatic carbocycles. The molecule has 2 heterocycles. The number of nitro benzene ring substituents is 1. The van der Waals surface area contributed by atoms with E-state index in [0.29, 0.717) is 27.5 Å². The normalized spacial score (nSPS) is 11.1. The maximum absolute atomic E-state index is 13.7. The smallest absolute Gasteiger partial charge is 0.337 e. The Morgan fingerprint density at radius 2 is 1.73 bits per heavy atom. The van der Waals surface area contributed by atoms with Gasteiger partial charge in [0.1, 0.15) is 11.5 Å². The Kier molecular flexibility index (Phi) is 4.82. The number of nitrogens with one attached hydrogen (secondary N) is 1. The SMILES string of the molecule is COC(=O)c1ccc(-c2cnc3[nH]c4ccc([N+](=O)[O-])cc4c3c2-c2ccc(F)cc2)cc1. The highest BCUT2D eigenvalue weighted by Crippen LogP contribution is 2.41. The molecule has 0 amide bonds. The Morgan fingerprint density at radius 3 is 2.39 bits per heavy atom. The number of H-pyrrole nitrogens is 1. The number of pyridine rings is 1. The van der Waals surface area contributed by atoms with Gasteiger partial charge in [0.2, 0.25) is 0 Å². The fourth-order valence-corrected chi connectivity index (χ4v) is 4.00. The van der Waals surface area contributed by atoms with Crippen LogP contribution in [0.15, 0.2) is 72.9 Å². The van der Waals surface area contributed by atoms with E-state index < -0.39 is 10.9 Å². The number of benzene rings is 3. The highest BCUT2D eigenvalue weighted by molar-refractivity contribution is 6.16. The van der Waals surface area contributed by atoms with Crippen LogP contribution in [-0.2, 0) is 4.74 Å². The standard InChI is InChI=1S/C25H16FN3O4/c1-33-25(30)16-4-2-14(3-5-16)20-13-27-24-23(22(20)15-6-8-17(26)9-7-15)19-12-18(29(31)32)10-11-21(19)28-24/h2-13H,1H3,(H,27,28). The summed E-state index contributed by atoms with van der Waals surface area (Å²) in [5.41, 5.74) is 4.60. The van der Waals surface area contributed by atoms with Crippen molar-refractivity contribution >= 4 is 33.6 Å². The summed E-state index contributed by atoms with van der Waals surface area (Å²) in [5, 5.41) is 12.7. The molecular weight excluding hydrogens is 425 g/mol. The summed E-state index contributed by atoms with van der Waals surface area (Å²) in [6, 6.07) is 17.5. The molecule has 0 aliphatic rings. The molecule has 0 aliphatic carbocycles. The molecule has 33 heavy (non-hydrogen) atoms. The van der Waals surface area contributed by atoms with E-state index in [9.17, 15) is 19.3 Å². The average molecular weight is 441 g/mol. The van der Waals surface area contributed by atoms with E-state index in [0.717, 1.165) is 22.3 Å². The van der Waals surface area contributed by atoms with Crippen molar-refractivity contribution in [1.29, 1.82) is 0 Å². The highest BCUT2D eigenvalue weighted by atomic mass is 19.1. The second kappa shape index (κ2) is 7.83. The number of carbonyl (C=O) groups excluding carboxylic acids is 1. The van der Waals surface area contributed by atoms with Crippen molar-refractivity contribution < 1.29 is 18.8 Å². The lowest BCUT2D eigenvalue weighted by atomic mass is 9.92. The molecule has 0 saturated heterocycles. The summed E-state index contributed by atoms with van der Waals surface area (Å²) in [5.74, 6) is -0.819. The largest absolute Gasteiger partial charge is 0.465 e. The highest BCUT2D eigenvalue weighted by Gasteiger charge is 2.19. The van der Waals surface area contributed by atoms with Crippen LogP contribution < -0.4 is 0 Å². The first-order valence-electron chi connectivity index (χ1n) is 10.00. The monoisotopic (exact) mass is 441 g/mol. The van der Waals surface area contributed by atoms with Crippen molar-refractivity contribution in [1.82, 2.24) is 9.97 Å². The number of fused-ring (bicyclic) bond motifs is 3. The Morgan fingerprint density at radius 1 is 1.03 bits per heavy atom. The number of nitrogens with zero attached hydrogens (tertiary/aromatic N) is 2. The number of hydrogen-bond donors (Lipinski definition) is 1. The van der Waals surface area contributed by atoms with Gasteiger partial charge in [0.25, 0.3) is 5.69 Å². The number of rotatable bonds is 4. The van der Waals surface area contributed by atoms with Crippen molar-refractivity contribution in [2.24, 2.45) is 0 Å². The molecule has 5 aromatic rings. The van der Waals surface area contributed by atoms with Crippen LogP contribution in [0.1, 0.15) is 10.4 Å². The molecule has 2 aromatic heterocycles.